The molecule has 1 aliphatic heterocycles. The third-order valence-electron chi connectivity index (χ3n) is 3.49. The minimum atomic E-state index is -0.900. The largest absolute Gasteiger partial charge is 0.444 e. The first-order valence-electron chi connectivity index (χ1n) is 7.68. The smallest absolute Gasteiger partial charge is 0.410 e. The van der Waals surface area contributed by atoms with Crippen LogP contribution >= 0.6 is 0 Å². The molecule has 0 aromatic heterocycles. The van der Waals surface area contributed by atoms with E-state index in [2.05, 4.69) is 0 Å². The van der Waals surface area contributed by atoms with Crippen molar-refractivity contribution in [1.82, 2.24) is 4.90 Å². The van der Waals surface area contributed by atoms with E-state index in [1.165, 1.54) is 0 Å². The monoisotopic (exact) mass is 341 g/mol. The fraction of sp³-hybridized carbons (Fsp3) is 0.529. The van der Waals surface area contributed by atoms with Gasteiger partial charge in [0.2, 0.25) is 0 Å². The first kappa shape index (κ1) is 18.3. The van der Waals surface area contributed by atoms with Crippen LogP contribution in [0, 0.1) is 17.6 Å². The highest BCUT2D eigenvalue weighted by Crippen LogP contribution is 2.20. The molecule has 2 rings (SSSR count). The number of amides is 1. The molecule has 1 fully saturated rings. The van der Waals surface area contributed by atoms with Crippen molar-refractivity contribution in [2.75, 3.05) is 19.7 Å². The Labute approximate surface area is 139 Å². The number of rotatable bonds is 5. The average Bonchev–Trinajstić information content (AvgIpc) is 2.38. The summed E-state index contributed by atoms with van der Waals surface area (Å²) in [5, 5.41) is 0. The molecule has 24 heavy (non-hydrogen) atoms. The fourth-order valence-corrected chi connectivity index (χ4v) is 2.33. The molecule has 1 amide bonds. The Bertz CT molecular complexity index is 599. The third kappa shape index (κ3) is 4.74. The van der Waals surface area contributed by atoms with Crippen molar-refractivity contribution >= 4 is 12.4 Å². The molecular formula is C17H21F2NO4. The molecule has 0 saturated carbocycles. The summed E-state index contributed by atoms with van der Waals surface area (Å²) in [6.45, 7) is 6.88. The van der Waals surface area contributed by atoms with Crippen molar-refractivity contribution in [1.29, 1.82) is 0 Å². The molecule has 0 bridgehead atoms. The molecule has 1 saturated heterocycles. The second-order valence-corrected chi connectivity index (χ2v) is 6.86. The summed E-state index contributed by atoms with van der Waals surface area (Å²) >= 11 is 0. The number of nitrogens with zero attached hydrogens (tertiary/aromatic N) is 1. The summed E-state index contributed by atoms with van der Waals surface area (Å²) in [6, 6.07) is 2.17. The van der Waals surface area contributed by atoms with E-state index in [0.29, 0.717) is 25.3 Å². The van der Waals surface area contributed by atoms with Gasteiger partial charge in [-0.25, -0.2) is 13.6 Å². The quantitative estimate of drug-likeness (QED) is 0.772. The van der Waals surface area contributed by atoms with Crippen molar-refractivity contribution in [2.24, 2.45) is 5.92 Å². The molecule has 0 N–H and O–H groups in total. The SMILES string of the molecule is CC(C)(C)OC(=O)N1CC(COCc2cc(F)c(C=O)c(F)c2)C1. The van der Waals surface area contributed by atoms with E-state index in [-0.39, 0.29) is 24.9 Å². The van der Waals surface area contributed by atoms with Crippen LogP contribution in [0.5, 0.6) is 0 Å². The van der Waals surface area contributed by atoms with Crippen LogP contribution in [0.4, 0.5) is 13.6 Å². The number of hydrogen-bond donors (Lipinski definition) is 0. The first-order chi connectivity index (χ1) is 11.2. The molecule has 0 unspecified atom stereocenters. The lowest BCUT2D eigenvalue weighted by Gasteiger charge is -2.39. The van der Waals surface area contributed by atoms with E-state index >= 15 is 0 Å². The minimum Gasteiger partial charge on any atom is -0.444 e. The van der Waals surface area contributed by atoms with Gasteiger partial charge in [0.1, 0.15) is 17.2 Å². The van der Waals surface area contributed by atoms with Gasteiger partial charge in [-0.15, -0.1) is 0 Å². The van der Waals surface area contributed by atoms with E-state index < -0.39 is 22.8 Å². The van der Waals surface area contributed by atoms with Crippen molar-refractivity contribution in [3.8, 4) is 0 Å². The van der Waals surface area contributed by atoms with Crippen LogP contribution in [0.3, 0.4) is 0 Å². The lowest BCUT2D eigenvalue weighted by molar-refractivity contribution is -0.0227. The Morgan fingerprint density at radius 1 is 1.29 bits per heavy atom. The van der Waals surface area contributed by atoms with Gasteiger partial charge in [0, 0.05) is 19.0 Å². The van der Waals surface area contributed by atoms with Crippen LogP contribution in [-0.4, -0.2) is 42.6 Å². The molecule has 1 aromatic rings. The Hall–Kier alpha value is -2.02. The number of carbonyl (C=O) groups excluding carboxylic acids is 2. The van der Waals surface area contributed by atoms with Gasteiger partial charge in [-0.2, -0.15) is 0 Å². The number of ether oxygens (including phenoxy) is 2. The summed E-state index contributed by atoms with van der Waals surface area (Å²) in [5.41, 5.74) is -0.787. The summed E-state index contributed by atoms with van der Waals surface area (Å²) < 4.78 is 37.6. The van der Waals surface area contributed by atoms with Crippen LogP contribution in [-0.2, 0) is 16.1 Å². The summed E-state index contributed by atoms with van der Waals surface area (Å²) in [5.74, 6) is -1.63. The lowest BCUT2D eigenvalue weighted by atomic mass is 10.0. The zero-order chi connectivity index (χ0) is 17.9. The van der Waals surface area contributed by atoms with Gasteiger partial charge in [-0.1, -0.05) is 0 Å². The van der Waals surface area contributed by atoms with Gasteiger partial charge >= 0.3 is 6.09 Å². The Morgan fingerprint density at radius 2 is 1.88 bits per heavy atom. The second kappa shape index (κ2) is 7.25. The maximum Gasteiger partial charge on any atom is 0.410 e. The number of benzene rings is 1. The molecule has 0 radical (unpaired) electrons. The van der Waals surface area contributed by atoms with E-state index in [0.717, 1.165) is 12.1 Å². The zero-order valence-corrected chi connectivity index (χ0v) is 14.0. The van der Waals surface area contributed by atoms with Crippen LogP contribution < -0.4 is 0 Å². The molecule has 5 nitrogen and oxygen atoms in total. The van der Waals surface area contributed by atoms with Gasteiger partial charge in [0.25, 0.3) is 0 Å². The van der Waals surface area contributed by atoms with E-state index in [1.807, 2.05) is 0 Å². The molecule has 1 aromatic carbocycles. The zero-order valence-electron chi connectivity index (χ0n) is 14.0. The summed E-state index contributed by atoms with van der Waals surface area (Å²) in [7, 11) is 0. The van der Waals surface area contributed by atoms with Gasteiger partial charge < -0.3 is 14.4 Å². The Kier molecular flexibility index (Phi) is 5.54. The maximum absolute atomic E-state index is 13.5. The van der Waals surface area contributed by atoms with E-state index in [1.54, 1.807) is 25.7 Å². The van der Waals surface area contributed by atoms with Crippen molar-refractivity contribution in [2.45, 2.75) is 33.0 Å². The predicted molar refractivity (Wildman–Crippen MR) is 82.7 cm³/mol. The molecule has 0 spiro atoms. The van der Waals surface area contributed by atoms with Gasteiger partial charge in [-0.3, -0.25) is 4.79 Å². The molecule has 0 atom stereocenters. The molecular weight excluding hydrogens is 320 g/mol. The Balaban J connectivity index is 1.73. The van der Waals surface area contributed by atoms with Crippen molar-refractivity contribution < 1.29 is 27.8 Å². The summed E-state index contributed by atoms with van der Waals surface area (Å²) in [4.78, 5) is 23.9. The highest BCUT2D eigenvalue weighted by molar-refractivity contribution is 5.75. The number of likely N-dealkylation sites (tertiary alicyclic amines) is 1. The standard InChI is InChI=1S/C17H21F2NO4/c1-17(2,3)24-16(22)20-6-12(7-20)10-23-9-11-4-14(18)13(8-21)15(19)5-11/h4-5,8,12H,6-7,9-10H2,1-3H3. The lowest BCUT2D eigenvalue weighted by Crippen LogP contribution is -2.53. The third-order valence-corrected chi connectivity index (χ3v) is 3.49. The van der Waals surface area contributed by atoms with E-state index in [4.69, 9.17) is 9.47 Å². The molecule has 132 valence electrons. The van der Waals surface area contributed by atoms with Crippen LogP contribution in [0.25, 0.3) is 0 Å². The normalized spacial score (nSPS) is 15.1. The molecule has 1 aliphatic rings. The minimum absolute atomic E-state index is 0.0376. The second-order valence-electron chi connectivity index (χ2n) is 6.86. The van der Waals surface area contributed by atoms with Crippen LogP contribution in [0.15, 0.2) is 12.1 Å². The van der Waals surface area contributed by atoms with Crippen LogP contribution in [0.2, 0.25) is 0 Å². The highest BCUT2D eigenvalue weighted by Gasteiger charge is 2.33. The number of carbonyl (C=O) groups is 2. The highest BCUT2D eigenvalue weighted by atomic mass is 19.1. The molecule has 7 heteroatoms. The van der Waals surface area contributed by atoms with Gasteiger partial charge in [0.05, 0.1) is 18.8 Å². The van der Waals surface area contributed by atoms with Crippen molar-refractivity contribution in [3.63, 3.8) is 0 Å². The van der Waals surface area contributed by atoms with Gasteiger partial charge in [-0.05, 0) is 38.5 Å². The Morgan fingerprint density at radius 3 is 2.38 bits per heavy atom. The van der Waals surface area contributed by atoms with Crippen molar-refractivity contribution in [3.05, 3.63) is 34.9 Å². The topological polar surface area (TPSA) is 55.8 Å². The van der Waals surface area contributed by atoms with Crippen LogP contribution in [0.1, 0.15) is 36.7 Å². The average molecular weight is 341 g/mol. The molecule has 1 heterocycles. The summed E-state index contributed by atoms with van der Waals surface area (Å²) in [6.07, 6.45) is -0.207. The number of aldehydes is 1. The predicted octanol–water partition coefficient (Wildman–Crippen LogP) is 3.16. The molecule has 0 aliphatic carbocycles. The first-order valence-corrected chi connectivity index (χ1v) is 7.68. The van der Waals surface area contributed by atoms with Gasteiger partial charge in [0.15, 0.2) is 6.29 Å². The van der Waals surface area contributed by atoms with E-state index in [9.17, 15) is 18.4 Å². The fourth-order valence-electron chi connectivity index (χ4n) is 2.33. The maximum atomic E-state index is 13.5. The number of hydrogen-bond acceptors (Lipinski definition) is 4. The number of halogens is 2.